The van der Waals surface area contributed by atoms with Gasteiger partial charge in [-0.1, -0.05) is 0 Å². The standard InChI is InChI=1S/C19H26F5N5O3/c1-11(10-32-17(20)21)28-18-27-9-14(16(31)25-7-6-19(22,23)24)15(29-18)26-8-12-2-4-13(30)5-3-12/h8-9,11-13,17,30H,2-7,10H2,1H3,(H,25,31)(H,27,28,29)/t11-,12?,13?/m0/s1. The minimum absolute atomic E-state index is 0.00609. The molecule has 0 bridgehead atoms. The van der Waals surface area contributed by atoms with E-state index in [0.29, 0.717) is 25.7 Å². The quantitative estimate of drug-likeness (QED) is 0.359. The first-order valence-electron chi connectivity index (χ1n) is 10.1. The van der Waals surface area contributed by atoms with Crippen molar-refractivity contribution in [1.29, 1.82) is 0 Å². The average Bonchev–Trinajstić information content (AvgIpc) is 2.71. The highest BCUT2D eigenvalue weighted by Gasteiger charge is 2.27. The fraction of sp³-hybridized carbons (Fsp3) is 0.684. The van der Waals surface area contributed by atoms with Crippen LogP contribution < -0.4 is 10.6 Å². The molecule has 8 nitrogen and oxygen atoms in total. The van der Waals surface area contributed by atoms with Gasteiger partial charge in [0, 0.05) is 25.0 Å². The number of hydrogen-bond acceptors (Lipinski definition) is 7. The van der Waals surface area contributed by atoms with E-state index in [2.05, 4.69) is 30.3 Å². The minimum Gasteiger partial charge on any atom is -0.393 e. The number of aliphatic imine (C=N–C) groups is 1. The van der Waals surface area contributed by atoms with Crippen LogP contribution in [0.5, 0.6) is 0 Å². The summed E-state index contributed by atoms with van der Waals surface area (Å²) in [6.07, 6.45) is -0.666. The van der Waals surface area contributed by atoms with Crippen LogP contribution in [0.4, 0.5) is 33.7 Å². The summed E-state index contributed by atoms with van der Waals surface area (Å²) in [6.45, 7) is -2.32. The zero-order valence-electron chi connectivity index (χ0n) is 17.4. The Hall–Kier alpha value is -2.41. The third-order valence-corrected chi connectivity index (χ3v) is 4.70. The zero-order valence-corrected chi connectivity index (χ0v) is 17.4. The Kier molecular flexibility index (Phi) is 9.69. The van der Waals surface area contributed by atoms with Gasteiger partial charge in [0.2, 0.25) is 5.95 Å². The van der Waals surface area contributed by atoms with Crippen LogP contribution in [0.15, 0.2) is 11.2 Å². The van der Waals surface area contributed by atoms with Crippen LogP contribution in [0.1, 0.15) is 49.4 Å². The van der Waals surface area contributed by atoms with Crippen molar-refractivity contribution in [2.45, 2.75) is 64.0 Å². The normalized spacial score (nSPS) is 20.5. The maximum absolute atomic E-state index is 12.4. The van der Waals surface area contributed by atoms with Crippen molar-refractivity contribution in [1.82, 2.24) is 15.3 Å². The summed E-state index contributed by atoms with van der Waals surface area (Å²) >= 11 is 0. The van der Waals surface area contributed by atoms with Gasteiger partial charge < -0.3 is 20.5 Å². The molecule has 3 N–H and O–H groups in total. The monoisotopic (exact) mass is 467 g/mol. The van der Waals surface area contributed by atoms with Gasteiger partial charge in [-0.2, -0.15) is 26.9 Å². The Morgan fingerprint density at radius 1 is 1.34 bits per heavy atom. The minimum atomic E-state index is -4.42. The maximum Gasteiger partial charge on any atom is 0.390 e. The van der Waals surface area contributed by atoms with E-state index in [1.807, 2.05) is 0 Å². The first-order valence-corrected chi connectivity index (χ1v) is 10.1. The SMILES string of the molecule is C[C@@H](COC(F)F)Nc1ncc(C(=O)NCCC(F)(F)F)c(N=CC2CCC(O)CC2)n1. The Labute approximate surface area is 181 Å². The fourth-order valence-corrected chi connectivity index (χ4v) is 3.02. The van der Waals surface area contributed by atoms with Crippen molar-refractivity contribution in [3.05, 3.63) is 11.8 Å². The molecule has 180 valence electrons. The van der Waals surface area contributed by atoms with Crippen LogP contribution in [0, 0.1) is 5.92 Å². The van der Waals surface area contributed by atoms with Gasteiger partial charge in [-0.15, -0.1) is 0 Å². The second-order valence-electron chi connectivity index (χ2n) is 7.54. The summed E-state index contributed by atoms with van der Waals surface area (Å²) in [5, 5.41) is 14.5. The number of halogens is 5. The van der Waals surface area contributed by atoms with Gasteiger partial charge in [-0.3, -0.25) is 4.79 Å². The second-order valence-corrected chi connectivity index (χ2v) is 7.54. The molecular weight excluding hydrogens is 441 g/mol. The average molecular weight is 467 g/mol. The van der Waals surface area contributed by atoms with E-state index in [1.165, 1.54) is 0 Å². The number of hydrogen-bond donors (Lipinski definition) is 3. The topological polar surface area (TPSA) is 109 Å². The third-order valence-electron chi connectivity index (χ3n) is 4.70. The highest BCUT2D eigenvalue weighted by atomic mass is 19.4. The first-order chi connectivity index (χ1) is 15.0. The highest BCUT2D eigenvalue weighted by Crippen LogP contribution is 2.25. The number of carbonyl (C=O) groups is 1. The van der Waals surface area contributed by atoms with E-state index in [4.69, 9.17) is 0 Å². The number of aliphatic hydroxyl groups is 1. The van der Waals surface area contributed by atoms with Gasteiger partial charge in [0.1, 0.15) is 5.56 Å². The number of amides is 1. The van der Waals surface area contributed by atoms with E-state index in [-0.39, 0.29) is 36.0 Å². The van der Waals surface area contributed by atoms with Gasteiger partial charge in [0.25, 0.3) is 5.91 Å². The molecule has 0 aliphatic heterocycles. The number of aromatic nitrogens is 2. The van der Waals surface area contributed by atoms with Gasteiger partial charge in [-0.25, -0.2) is 9.98 Å². The number of aliphatic hydroxyl groups excluding tert-OH is 1. The number of ether oxygens (including phenoxy) is 1. The lowest BCUT2D eigenvalue weighted by atomic mass is 9.88. The summed E-state index contributed by atoms with van der Waals surface area (Å²) in [5.74, 6) is -0.848. The van der Waals surface area contributed by atoms with Gasteiger partial charge >= 0.3 is 12.8 Å². The summed E-state index contributed by atoms with van der Waals surface area (Å²) < 4.78 is 65.6. The molecule has 1 fully saturated rings. The fourth-order valence-electron chi connectivity index (χ4n) is 3.02. The number of carbonyl (C=O) groups excluding carboxylic acids is 1. The Morgan fingerprint density at radius 2 is 2.03 bits per heavy atom. The number of nitrogens with zero attached hydrogens (tertiary/aromatic N) is 3. The summed E-state index contributed by atoms with van der Waals surface area (Å²) in [7, 11) is 0. The van der Waals surface area contributed by atoms with Crippen LogP contribution in [0.2, 0.25) is 0 Å². The van der Waals surface area contributed by atoms with Crippen molar-refractivity contribution < 1.29 is 36.6 Å². The van der Waals surface area contributed by atoms with Crippen molar-refractivity contribution in [2.75, 3.05) is 18.5 Å². The lowest BCUT2D eigenvalue weighted by Gasteiger charge is -2.22. The predicted octanol–water partition coefficient (Wildman–Crippen LogP) is 3.45. The van der Waals surface area contributed by atoms with E-state index < -0.39 is 37.7 Å². The number of nitrogens with one attached hydrogen (secondary N) is 2. The molecule has 1 aliphatic rings. The van der Waals surface area contributed by atoms with Crippen molar-refractivity contribution >= 4 is 23.9 Å². The molecule has 1 atom stereocenters. The Balaban J connectivity index is 2.14. The molecule has 1 aromatic rings. The highest BCUT2D eigenvalue weighted by molar-refractivity contribution is 5.98. The van der Waals surface area contributed by atoms with Gasteiger partial charge in [0.05, 0.1) is 19.1 Å². The molecule has 0 radical (unpaired) electrons. The Morgan fingerprint density at radius 3 is 2.66 bits per heavy atom. The van der Waals surface area contributed by atoms with E-state index in [0.717, 1.165) is 6.20 Å². The van der Waals surface area contributed by atoms with Crippen LogP contribution in [0.3, 0.4) is 0 Å². The molecule has 1 amide bonds. The second kappa shape index (κ2) is 12.0. The zero-order chi connectivity index (χ0) is 23.7. The first kappa shape index (κ1) is 25.8. The lowest BCUT2D eigenvalue weighted by Crippen LogP contribution is -2.28. The molecule has 1 aromatic heterocycles. The van der Waals surface area contributed by atoms with Gasteiger partial charge in [-0.05, 0) is 38.5 Å². The molecule has 1 heterocycles. The predicted molar refractivity (Wildman–Crippen MR) is 106 cm³/mol. The molecule has 1 aliphatic carbocycles. The molecule has 0 saturated heterocycles. The smallest absolute Gasteiger partial charge is 0.390 e. The number of alkyl halides is 5. The number of anilines is 1. The lowest BCUT2D eigenvalue weighted by molar-refractivity contribution is -0.133. The molecule has 0 aromatic carbocycles. The summed E-state index contributed by atoms with van der Waals surface area (Å²) in [5.41, 5.74) is -0.124. The molecule has 32 heavy (non-hydrogen) atoms. The molecular formula is C19H26F5N5O3. The molecule has 2 rings (SSSR count). The van der Waals surface area contributed by atoms with Crippen LogP contribution >= 0.6 is 0 Å². The largest absolute Gasteiger partial charge is 0.393 e. The Bertz CT molecular complexity index is 770. The number of rotatable bonds is 10. The van der Waals surface area contributed by atoms with Crippen LogP contribution in [-0.4, -0.2) is 65.3 Å². The molecule has 0 unspecified atom stereocenters. The van der Waals surface area contributed by atoms with Crippen molar-refractivity contribution in [2.24, 2.45) is 10.9 Å². The van der Waals surface area contributed by atoms with Crippen LogP contribution in [0.25, 0.3) is 0 Å². The third kappa shape index (κ3) is 9.39. The van der Waals surface area contributed by atoms with Crippen molar-refractivity contribution in [3.8, 4) is 0 Å². The molecule has 1 saturated carbocycles. The van der Waals surface area contributed by atoms with Crippen LogP contribution in [-0.2, 0) is 4.74 Å². The van der Waals surface area contributed by atoms with E-state index in [9.17, 15) is 31.9 Å². The summed E-state index contributed by atoms with van der Waals surface area (Å²) in [4.78, 5) is 24.7. The maximum atomic E-state index is 12.4. The molecule has 13 heteroatoms. The van der Waals surface area contributed by atoms with E-state index >= 15 is 0 Å². The van der Waals surface area contributed by atoms with E-state index in [1.54, 1.807) is 13.1 Å². The molecule has 0 spiro atoms. The summed E-state index contributed by atoms with van der Waals surface area (Å²) in [6, 6.07) is -0.591. The van der Waals surface area contributed by atoms with Gasteiger partial charge in [0.15, 0.2) is 5.82 Å². The van der Waals surface area contributed by atoms with Crippen molar-refractivity contribution in [3.63, 3.8) is 0 Å².